The van der Waals surface area contributed by atoms with Crippen LogP contribution in [0.3, 0.4) is 0 Å². The second kappa shape index (κ2) is 2.75. The summed E-state index contributed by atoms with van der Waals surface area (Å²) in [6.07, 6.45) is 8.23. The van der Waals surface area contributed by atoms with Crippen LogP contribution in [0.15, 0.2) is 0 Å². The van der Waals surface area contributed by atoms with Crippen LogP contribution in [0.5, 0.6) is 0 Å². The quantitative estimate of drug-likeness (QED) is 0.687. The standard InChI is InChI=1S/C10H16O2/c11-9(12)6-8-7-10(8)4-2-1-3-5-10/h8H,1-7H2,(H,11,12). The van der Waals surface area contributed by atoms with Crippen LogP contribution in [0, 0.1) is 11.3 Å². The number of carbonyl (C=O) groups is 1. The molecule has 2 saturated carbocycles. The molecule has 0 bridgehead atoms. The molecule has 2 aliphatic rings. The summed E-state index contributed by atoms with van der Waals surface area (Å²) in [4.78, 5) is 10.5. The molecule has 0 aromatic rings. The maximum absolute atomic E-state index is 10.5. The Labute approximate surface area is 73.0 Å². The summed E-state index contributed by atoms with van der Waals surface area (Å²) < 4.78 is 0. The van der Waals surface area contributed by atoms with Crippen molar-refractivity contribution in [2.24, 2.45) is 11.3 Å². The lowest BCUT2D eigenvalue weighted by molar-refractivity contribution is -0.137. The fourth-order valence-corrected chi connectivity index (χ4v) is 2.80. The number of hydrogen-bond donors (Lipinski definition) is 1. The van der Waals surface area contributed by atoms with Crippen molar-refractivity contribution in [1.82, 2.24) is 0 Å². The summed E-state index contributed by atoms with van der Waals surface area (Å²) >= 11 is 0. The topological polar surface area (TPSA) is 37.3 Å². The zero-order chi connectivity index (χ0) is 8.60. The third-order valence-corrected chi connectivity index (χ3v) is 3.63. The van der Waals surface area contributed by atoms with Crippen molar-refractivity contribution < 1.29 is 9.90 Å². The number of rotatable bonds is 2. The zero-order valence-corrected chi connectivity index (χ0v) is 7.38. The first-order valence-electron chi connectivity index (χ1n) is 4.95. The first kappa shape index (κ1) is 8.09. The van der Waals surface area contributed by atoms with E-state index in [1.165, 1.54) is 38.5 Å². The molecule has 2 nitrogen and oxygen atoms in total. The first-order chi connectivity index (χ1) is 5.73. The highest BCUT2D eigenvalue weighted by atomic mass is 16.4. The molecule has 68 valence electrons. The lowest BCUT2D eigenvalue weighted by Gasteiger charge is -2.21. The van der Waals surface area contributed by atoms with Gasteiger partial charge in [0, 0.05) is 6.42 Å². The molecule has 2 rings (SSSR count). The third kappa shape index (κ3) is 1.35. The monoisotopic (exact) mass is 168 g/mol. The van der Waals surface area contributed by atoms with Gasteiger partial charge in [-0.3, -0.25) is 4.79 Å². The molecule has 0 amide bonds. The third-order valence-electron chi connectivity index (χ3n) is 3.63. The van der Waals surface area contributed by atoms with Gasteiger partial charge in [-0.1, -0.05) is 19.3 Å². The number of aliphatic carboxylic acids is 1. The summed E-state index contributed by atoms with van der Waals surface area (Å²) in [6.45, 7) is 0. The van der Waals surface area contributed by atoms with E-state index in [-0.39, 0.29) is 0 Å². The van der Waals surface area contributed by atoms with Gasteiger partial charge in [-0.25, -0.2) is 0 Å². The van der Waals surface area contributed by atoms with Crippen molar-refractivity contribution in [1.29, 1.82) is 0 Å². The molecule has 0 radical (unpaired) electrons. The van der Waals surface area contributed by atoms with Gasteiger partial charge < -0.3 is 5.11 Å². The summed E-state index contributed by atoms with van der Waals surface area (Å²) in [5, 5.41) is 8.64. The molecule has 1 unspecified atom stereocenters. The van der Waals surface area contributed by atoms with Crippen LogP contribution in [-0.4, -0.2) is 11.1 Å². The summed E-state index contributed by atoms with van der Waals surface area (Å²) in [7, 11) is 0. The highest BCUT2D eigenvalue weighted by molar-refractivity contribution is 5.67. The van der Waals surface area contributed by atoms with E-state index in [0.717, 1.165) is 0 Å². The molecular weight excluding hydrogens is 152 g/mol. The van der Waals surface area contributed by atoms with Gasteiger partial charge in [0.2, 0.25) is 0 Å². The van der Waals surface area contributed by atoms with Crippen molar-refractivity contribution in [2.45, 2.75) is 44.9 Å². The molecule has 12 heavy (non-hydrogen) atoms. The number of carboxylic acid groups (broad SMARTS) is 1. The zero-order valence-electron chi connectivity index (χ0n) is 7.38. The molecule has 2 aliphatic carbocycles. The van der Waals surface area contributed by atoms with E-state index in [1.807, 2.05) is 0 Å². The smallest absolute Gasteiger partial charge is 0.303 e. The van der Waals surface area contributed by atoms with E-state index in [2.05, 4.69) is 0 Å². The minimum Gasteiger partial charge on any atom is -0.481 e. The minimum absolute atomic E-state index is 0.417. The SMILES string of the molecule is O=C(O)CC1CC12CCCCC2. The second-order valence-corrected chi connectivity index (χ2v) is 4.42. The van der Waals surface area contributed by atoms with E-state index in [0.29, 0.717) is 17.8 Å². The molecule has 0 aromatic heterocycles. The highest BCUT2D eigenvalue weighted by Gasteiger charge is 2.53. The van der Waals surface area contributed by atoms with Gasteiger partial charge in [0.05, 0.1) is 0 Å². The van der Waals surface area contributed by atoms with Crippen LogP contribution < -0.4 is 0 Å². The van der Waals surface area contributed by atoms with Crippen LogP contribution in [0.25, 0.3) is 0 Å². The van der Waals surface area contributed by atoms with Gasteiger partial charge in [-0.15, -0.1) is 0 Å². The van der Waals surface area contributed by atoms with E-state index < -0.39 is 5.97 Å². The second-order valence-electron chi connectivity index (χ2n) is 4.42. The average molecular weight is 168 g/mol. The first-order valence-corrected chi connectivity index (χ1v) is 4.95. The number of carboxylic acids is 1. The van der Waals surface area contributed by atoms with Gasteiger partial charge in [-0.05, 0) is 30.6 Å². The Hall–Kier alpha value is -0.530. The molecule has 0 aromatic carbocycles. The lowest BCUT2D eigenvalue weighted by atomic mass is 9.84. The van der Waals surface area contributed by atoms with Crippen LogP contribution >= 0.6 is 0 Å². The van der Waals surface area contributed by atoms with E-state index in [1.54, 1.807) is 0 Å². The predicted octanol–water partition coefficient (Wildman–Crippen LogP) is 2.43. The fourth-order valence-electron chi connectivity index (χ4n) is 2.80. The Bertz CT molecular complexity index is 192. The summed E-state index contributed by atoms with van der Waals surface area (Å²) in [5.41, 5.74) is 0.497. The molecule has 1 spiro atoms. The lowest BCUT2D eigenvalue weighted by Crippen LogP contribution is -2.11. The van der Waals surface area contributed by atoms with Gasteiger partial charge >= 0.3 is 5.97 Å². The van der Waals surface area contributed by atoms with Crippen LogP contribution in [-0.2, 0) is 4.79 Å². The Balaban J connectivity index is 1.86. The molecule has 0 aliphatic heterocycles. The molecule has 0 saturated heterocycles. The van der Waals surface area contributed by atoms with Gasteiger partial charge in [-0.2, -0.15) is 0 Å². The van der Waals surface area contributed by atoms with Crippen molar-refractivity contribution in [3.8, 4) is 0 Å². The average Bonchev–Trinajstić information content (AvgIpc) is 2.63. The van der Waals surface area contributed by atoms with Gasteiger partial charge in [0.15, 0.2) is 0 Å². The molecule has 1 atom stereocenters. The summed E-state index contributed by atoms with van der Waals surface area (Å²) in [6, 6.07) is 0. The van der Waals surface area contributed by atoms with Crippen LogP contribution in [0.4, 0.5) is 0 Å². The van der Waals surface area contributed by atoms with Crippen molar-refractivity contribution in [3.05, 3.63) is 0 Å². The molecule has 2 fully saturated rings. The van der Waals surface area contributed by atoms with Crippen LogP contribution in [0.1, 0.15) is 44.9 Å². The molecular formula is C10H16O2. The van der Waals surface area contributed by atoms with Crippen LogP contribution in [0.2, 0.25) is 0 Å². The van der Waals surface area contributed by atoms with Gasteiger partial charge in [0.1, 0.15) is 0 Å². The largest absolute Gasteiger partial charge is 0.481 e. The number of hydrogen-bond acceptors (Lipinski definition) is 1. The van der Waals surface area contributed by atoms with E-state index in [9.17, 15) is 4.79 Å². The van der Waals surface area contributed by atoms with Gasteiger partial charge in [0.25, 0.3) is 0 Å². The Morgan fingerprint density at radius 2 is 2.00 bits per heavy atom. The molecule has 1 N–H and O–H groups in total. The van der Waals surface area contributed by atoms with Crippen molar-refractivity contribution in [2.75, 3.05) is 0 Å². The van der Waals surface area contributed by atoms with Crippen molar-refractivity contribution in [3.63, 3.8) is 0 Å². The molecule has 2 heteroatoms. The van der Waals surface area contributed by atoms with E-state index in [4.69, 9.17) is 5.11 Å². The maximum Gasteiger partial charge on any atom is 0.303 e. The Morgan fingerprint density at radius 1 is 1.33 bits per heavy atom. The Morgan fingerprint density at radius 3 is 2.58 bits per heavy atom. The van der Waals surface area contributed by atoms with Crippen molar-refractivity contribution >= 4 is 5.97 Å². The summed E-state index contributed by atoms with van der Waals surface area (Å²) in [5.74, 6) is -0.0854. The predicted molar refractivity (Wildman–Crippen MR) is 45.9 cm³/mol. The Kier molecular flexibility index (Phi) is 1.85. The van der Waals surface area contributed by atoms with E-state index >= 15 is 0 Å². The molecule has 0 heterocycles. The minimum atomic E-state index is -0.609. The highest BCUT2D eigenvalue weighted by Crippen LogP contribution is 2.62. The fraction of sp³-hybridized carbons (Fsp3) is 0.900. The maximum atomic E-state index is 10.5. The normalized spacial score (nSPS) is 31.8.